The van der Waals surface area contributed by atoms with E-state index in [-0.39, 0.29) is 24.2 Å². The fraction of sp³-hybridized carbons (Fsp3) is 0.500. The highest BCUT2D eigenvalue weighted by Crippen LogP contribution is 2.32. The zero-order valence-electron chi connectivity index (χ0n) is 14.1. The number of rotatable bonds is 4. The molecule has 0 N–H and O–H groups in total. The Hall–Kier alpha value is -1.83. The second-order valence-electron chi connectivity index (χ2n) is 6.46. The van der Waals surface area contributed by atoms with Gasteiger partial charge in [-0.15, -0.1) is 11.3 Å². The molecule has 1 amide bonds. The molecule has 2 aromatic heterocycles. The zero-order chi connectivity index (χ0) is 17.2. The number of carbonyl (C=O) groups is 1. The lowest BCUT2D eigenvalue weighted by atomic mass is 10.0. The van der Waals surface area contributed by atoms with Crippen LogP contribution in [0, 0.1) is 6.92 Å². The predicted molar refractivity (Wildman–Crippen MR) is 93.5 cm³/mol. The van der Waals surface area contributed by atoms with Gasteiger partial charge >= 0.3 is 0 Å². The number of pyridine rings is 1. The molecule has 2 fully saturated rings. The van der Waals surface area contributed by atoms with Crippen molar-refractivity contribution in [2.45, 2.75) is 44.6 Å². The number of hydrogen-bond acceptors (Lipinski definition) is 6. The van der Waals surface area contributed by atoms with Crippen LogP contribution in [0.4, 0.5) is 0 Å². The van der Waals surface area contributed by atoms with Crippen LogP contribution in [0.2, 0.25) is 0 Å². The highest BCUT2D eigenvalue weighted by Gasteiger charge is 2.47. The van der Waals surface area contributed by atoms with Crippen LogP contribution in [0.25, 0.3) is 0 Å². The lowest BCUT2D eigenvalue weighted by Crippen LogP contribution is -2.44. The Labute approximate surface area is 150 Å². The number of amides is 1. The largest absolute Gasteiger partial charge is 0.373 e. The first-order valence-electron chi connectivity index (χ1n) is 8.57. The lowest BCUT2D eigenvalue weighted by molar-refractivity contribution is -0.0809. The molecule has 2 saturated heterocycles. The van der Waals surface area contributed by atoms with Crippen LogP contribution in [0.5, 0.6) is 0 Å². The molecule has 0 aliphatic carbocycles. The molecule has 2 aliphatic heterocycles. The third-order valence-electron chi connectivity index (χ3n) is 4.79. The van der Waals surface area contributed by atoms with Crippen LogP contribution in [0.1, 0.15) is 33.9 Å². The van der Waals surface area contributed by atoms with E-state index < -0.39 is 0 Å². The van der Waals surface area contributed by atoms with Crippen LogP contribution in [-0.2, 0) is 16.1 Å². The molecule has 0 saturated carbocycles. The third kappa shape index (κ3) is 3.44. The molecule has 2 aliphatic rings. The molecule has 3 atom stereocenters. The minimum Gasteiger partial charge on any atom is -0.373 e. The van der Waals surface area contributed by atoms with Gasteiger partial charge in [0.25, 0.3) is 5.91 Å². The van der Waals surface area contributed by atoms with Gasteiger partial charge in [-0.3, -0.25) is 9.78 Å². The van der Waals surface area contributed by atoms with E-state index in [2.05, 4.69) is 9.97 Å². The fourth-order valence-corrected chi connectivity index (χ4v) is 4.17. The lowest BCUT2D eigenvalue weighted by Gasteiger charge is -2.31. The SMILES string of the molecule is Cc1nc(C(=O)N2C[C@H](OCc3ccncc3)[C@H]3OCCC[C@H]32)cs1. The molecule has 132 valence electrons. The number of hydrogen-bond donors (Lipinski definition) is 0. The smallest absolute Gasteiger partial charge is 0.273 e. The molecule has 0 spiro atoms. The molecule has 0 bridgehead atoms. The van der Waals surface area contributed by atoms with Gasteiger partial charge in [-0.25, -0.2) is 4.98 Å². The summed E-state index contributed by atoms with van der Waals surface area (Å²) in [5, 5.41) is 2.74. The molecule has 4 rings (SSSR count). The van der Waals surface area contributed by atoms with Gasteiger partial charge in [0.2, 0.25) is 0 Å². The summed E-state index contributed by atoms with van der Waals surface area (Å²) in [6, 6.07) is 3.95. The van der Waals surface area contributed by atoms with Crippen molar-refractivity contribution in [3.63, 3.8) is 0 Å². The van der Waals surface area contributed by atoms with Gasteiger partial charge in [-0.2, -0.15) is 0 Å². The van der Waals surface area contributed by atoms with Crippen molar-refractivity contribution < 1.29 is 14.3 Å². The van der Waals surface area contributed by atoms with Gasteiger partial charge in [0, 0.05) is 24.4 Å². The minimum atomic E-state index is -0.109. The summed E-state index contributed by atoms with van der Waals surface area (Å²) < 4.78 is 12.1. The summed E-state index contributed by atoms with van der Waals surface area (Å²) in [5.74, 6) is -0.0140. The summed E-state index contributed by atoms with van der Waals surface area (Å²) in [6.45, 7) is 3.69. The molecule has 25 heavy (non-hydrogen) atoms. The van der Waals surface area contributed by atoms with Crippen molar-refractivity contribution in [3.8, 4) is 0 Å². The van der Waals surface area contributed by atoms with Crippen molar-refractivity contribution in [1.82, 2.24) is 14.9 Å². The van der Waals surface area contributed by atoms with Crippen molar-refractivity contribution in [3.05, 3.63) is 46.2 Å². The van der Waals surface area contributed by atoms with Crippen molar-refractivity contribution in [2.24, 2.45) is 0 Å². The summed E-state index contributed by atoms with van der Waals surface area (Å²) in [6.07, 6.45) is 5.27. The Balaban J connectivity index is 1.48. The maximum absolute atomic E-state index is 12.9. The predicted octanol–water partition coefficient (Wildman–Crippen LogP) is 2.44. The van der Waals surface area contributed by atoms with Crippen LogP contribution >= 0.6 is 11.3 Å². The van der Waals surface area contributed by atoms with Crippen LogP contribution < -0.4 is 0 Å². The molecule has 0 radical (unpaired) electrons. The van der Waals surface area contributed by atoms with E-state index in [9.17, 15) is 4.79 Å². The Bertz CT molecular complexity index is 736. The number of aromatic nitrogens is 2. The molecule has 0 aromatic carbocycles. The first kappa shape index (κ1) is 16.6. The van der Waals surface area contributed by atoms with Crippen molar-refractivity contribution in [2.75, 3.05) is 13.2 Å². The quantitative estimate of drug-likeness (QED) is 0.839. The summed E-state index contributed by atoms with van der Waals surface area (Å²) in [7, 11) is 0. The average Bonchev–Trinajstić information content (AvgIpc) is 3.24. The average molecular weight is 359 g/mol. The van der Waals surface area contributed by atoms with Gasteiger partial charge in [0.15, 0.2) is 0 Å². The molecule has 4 heterocycles. The monoisotopic (exact) mass is 359 g/mol. The van der Waals surface area contributed by atoms with Crippen LogP contribution in [-0.4, -0.2) is 52.2 Å². The second-order valence-corrected chi connectivity index (χ2v) is 7.52. The molecular weight excluding hydrogens is 338 g/mol. The summed E-state index contributed by atoms with van der Waals surface area (Å²) >= 11 is 1.50. The van der Waals surface area contributed by atoms with Gasteiger partial charge in [-0.05, 0) is 37.5 Å². The Morgan fingerprint density at radius 1 is 1.44 bits per heavy atom. The third-order valence-corrected chi connectivity index (χ3v) is 5.56. The summed E-state index contributed by atoms with van der Waals surface area (Å²) in [5.41, 5.74) is 1.60. The fourth-order valence-electron chi connectivity index (χ4n) is 3.58. The van der Waals surface area contributed by atoms with Crippen LogP contribution in [0.3, 0.4) is 0 Å². The van der Waals surface area contributed by atoms with E-state index in [0.29, 0.717) is 18.8 Å². The number of carbonyl (C=O) groups excluding carboxylic acids is 1. The first-order chi connectivity index (χ1) is 12.2. The maximum atomic E-state index is 12.9. The normalized spacial score (nSPS) is 25.8. The molecular formula is C18H21N3O3S. The van der Waals surface area contributed by atoms with E-state index in [0.717, 1.165) is 30.0 Å². The Morgan fingerprint density at radius 2 is 2.28 bits per heavy atom. The van der Waals surface area contributed by atoms with Crippen molar-refractivity contribution >= 4 is 17.2 Å². The molecule has 6 nitrogen and oxygen atoms in total. The maximum Gasteiger partial charge on any atom is 0.273 e. The number of aryl methyl sites for hydroxylation is 1. The number of ether oxygens (including phenoxy) is 2. The minimum absolute atomic E-state index is 0.0140. The van der Waals surface area contributed by atoms with Gasteiger partial charge < -0.3 is 14.4 Å². The first-order valence-corrected chi connectivity index (χ1v) is 9.45. The Kier molecular flexibility index (Phi) is 4.78. The van der Waals surface area contributed by atoms with E-state index in [1.807, 2.05) is 29.3 Å². The highest BCUT2D eigenvalue weighted by molar-refractivity contribution is 7.09. The summed E-state index contributed by atoms with van der Waals surface area (Å²) in [4.78, 5) is 23.2. The van der Waals surface area contributed by atoms with Gasteiger partial charge in [-0.1, -0.05) is 0 Å². The molecule has 7 heteroatoms. The van der Waals surface area contributed by atoms with Crippen molar-refractivity contribution in [1.29, 1.82) is 0 Å². The zero-order valence-corrected chi connectivity index (χ0v) is 14.9. The number of nitrogens with zero attached hydrogens (tertiary/aromatic N) is 3. The standard InChI is InChI=1S/C18H21N3O3S/c1-12-20-14(11-25-12)18(22)21-9-16(17-15(21)3-2-8-23-17)24-10-13-4-6-19-7-5-13/h4-7,11,15-17H,2-3,8-10H2,1H3/t15-,16+,17+/m1/s1. The molecule has 2 aromatic rings. The topological polar surface area (TPSA) is 64.6 Å². The number of likely N-dealkylation sites (tertiary alicyclic amines) is 1. The number of thiazole rings is 1. The highest BCUT2D eigenvalue weighted by atomic mass is 32.1. The van der Waals surface area contributed by atoms with E-state index in [1.54, 1.807) is 12.4 Å². The Morgan fingerprint density at radius 3 is 3.04 bits per heavy atom. The van der Waals surface area contributed by atoms with E-state index >= 15 is 0 Å². The van der Waals surface area contributed by atoms with E-state index in [1.165, 1.54) is 11.3 Å². The van der Waals surface area contributed by atoms with Gasteiger partial charge in [0.05, 0.1) is 24.2 Å². The van der Waals surface area contributed by atoms with Gasteiger partial charge in [0.1, 0.15) is 17.9 Å². The number of fused-ring (bicyclic) bond motifs is 1. The van der Waals surface area contributed by atoms with Crippen LogP contribution in [0.15, 0.2) is 29.9 Å². The molecule has 0 unspecified atom stereocenters. The van der Waals surface area contributed by atoms with E-state index in [4.69, 9.17) is 9.47 Å². The second kappa shape index (κ2) is 7.19.